The van der Waals surface area contributed by atoms with Crippen LogP contribution in [0, 0.1) is 11.3 Å². The molecule has 0 aromatic carbocycles. The molecule has 6 heteroatoms. The van der Waals surface area contributed by atoms with E-state index in [9.17, 15) is 10.1 Å². The molecule has 2 heterocycles. The van der Waals surface area contributed by atoms with Crippen molar-refractivity contribution in [2.45, 2.75) is 32.6 Å². The zero-order chi connectivity index (χ0) is 16.2. The molecule has 0 atom stereocenters. The summed E-state index contributed by atoms with van der Waals surface area (Å²) in [5.41, 5.74) is 1.88. The standard InChI is InChI=1S/C17H24N4OS/c1-2-20-7-9-21(10-8-20)12-16(22)19-17-14(11-18)13-5-3-4-6-15(13)23-17/h2-10,12H2,1H3,(H,19,22). The second-order valence-corrected chi connectivity index (χ2v) is 7.39. The van der Waals surface area contributed by atoms with Crippen LogP contribution in [0.15, 0.2) is 0 Å². The van der Waals surface area contributed by atoms with Crippen molar-refractivity contribution >= 4 is 22.2 Å². The molecule has 1 saturated heterocycles. The van der Waals surface area contributed by atoms with E-state index in [1.165, 1.54) is 16.9 Å². The molecule has 0 radical (unpaired) electrons. The van der Waals surface area contributed by atoms with Crippen LogP contribution in [0.5, 0.6) is 0 Å². The number of likely N-dealkylation sites (N-methyl/N-ethyl adjacent to an activating group) is 1. The van der Waals surface area contributed by atoms with Crippen molar-refractivity contribution in [2.24, 2.45) is 0 Å². The summed E-state index contributed by atoms with van der Waals surface area (Å²) in [4.78, 5) is 18.2. The monoisotopic (exact) mass is 332 g/mol. The number of anilines is 1. The number of aryl methyl sites for hydroxylation is 1. The number of fused-ring (bicyclic) bond motifs is 1. The molecule has 1 amide bonds. The maximum atomic E-state index is 12.3. The summed E-state index contributed by atoms with van der Waals surface area (Å²) in [6.45, 7) is 7.60. The van der Waals surface area contributed by atoms with Crippen LogP contribution >= 0.6 is 11.3 Å². The first-order valence-electron chi connectivity index (χ1n) is 8.50. The molecule has 1 fully saturated rings. The van der Waals surface area contributed by atoms with Crippen LogP contribution in [-0.4, -0.2) is 55.0 Å². The van der Waals surface area contributed by atoms with Gasteiger partial charge >= 0.3 is 0 Å². The molecule has 5 nitrogen and oxygen atoms in total. The normalized spacial score (nSPS) is 19.1. The fraction of sp³-hybridized carbons (Fsp3) is 0.647. The maximum absolute atomic E-state index is 12.3. The molecule has 1 aromatic heterocycles. The first-order chi connectivity index (χ1) is 11.2. The van der Waals surface area contributed by atoms with Crippen LogP contribution in [0.1, 0.15) is 35.8 Å². The molecule has 3 rings (SSSR count). The molecule has 23 heavy (non-hydrogen) atoms. The van der Waals surface area contributed by atoms with Gasteiger partial charge in [0, 0.05) is 31.1 Å². The molecule has 0 unspecified atom stereocenters. The second kappa shape index (κ2) is 7.43. The van der Waals surface area contributed by atoms with Gasteiger partial charge in [-0.15, -0.1) is 11.3 Å². The second-order valence-electron chi connectivity index (χ2n) is 6.29. The van der Waals surface area contributed by atoms with Crippen molar-refractivity contribution in [1.82, 2.24) is 9.80 Å². The molecule has 0 spiro atoms. The predicted octanol–water partition coefficient (Wildman–Crippen LogP) is 2.07. The van der Waals surface area contributed by atoms with Crippen LogP contribution < -0.4 is 5.32 Å². The highest BCUT2D eigenvalue weighted by Gasteiger charge is 2.23. The van der Waals surface area contributed by atoms with E-state index in [1.807, 2.05) is 0 Å². The minimum Gasteiger partial charge on any atom is -0.315 e. The highest BCUT2D eigenvalue weighted by Crippen LogP contribution is 2.37. The Morgan fingerprint density at radius 1 is 1.22 bits per heavy atom. The Morgan fingerprint density at radius 2 is 1.91 bits per heavy atom. The van der Waals surface area contributed by atoms with Gasteiger partial charge in [0.1, 0.15) is 11.1 Å². The third-order valence-electron chi connectivity index (χ3n) is 4.82. The van der Waals surface area contributed by atoms with Crippen molar-refractivity contribution in [3.05, 3.63) is 16.0 Å². The van der Waals surface area contributed by atoms with Gasteiger partial charge < -0.3 is 10.2 Å². The van der Waals surface area contributed by atoms with E-state index < -0.39 is 0 Å². The van der Waals surface area contributed by atoms with Crippen LogP contribution in [0.25, 0.3) is 0 Å². The van der Waals surface area contributed by atoms with Crippen molar-refractivity contribution in [1.29, 1.82) is 5.26 Å². The molecule has 0 saturated carbocycles. The fourth-order valence-corrected chi connectivity index (χ4v) is 4.66. The summed E-state index contributed by atoms with van der Waals surface area (Å²) >= 11 is 1.60. The largest absolute Gasteiger partial charge is 0.315 e. The lowest BCUT2D eigenvalue weighted by molar-refractivity contribution is -0.117. The van der Waals surface area contributed by atoms with Gasteiger partial charge in [0.2, 0.25) is 5.91 Å². The first kappa shape index (κ1) is 16.4. The minimum absolute atomic E-state index is 0.00467. The zero-order valence-electron chi connectivity index (χ0n) is 13.7. The Kier molecular flexibility index (Phi) is 5.31. The van der Waals surface area contributed by atoms with Gasteiger partial charge in [-0.3, -0.25) is 9.69 Å². The fourth-order valence-electron chi connectivity index (χ4n) is 3.41. The van der Waals surface area contributed by atoms with Crippen LogP contribution in [0.2, 0.25) is 0 Å². The zero-order valence-corrected chi connectivity index (χ0v) is 14.5. The maximum Gasteiger partial charge on any atom is 0.239 e. The van der Waals surface area contributed by atoms with Crippen LogP contribution in [0.3, 0.4) is 0 Å². The Balaban J connectivity index is 1.60. The number of nitrogens with one attached hydrogen (secondary N) is 1. The summed E-state index contributed by atoms with van der Waals surface area (Å²) < 4.78 is 0. The quantitative estimate of drug-likeness (QED) is 0.917. The average molecular weight is 332 g/mol. The van der Waals surface area contributed by atoms with Crippen LogP contribution in [-0.2, 0) is 17.6 Å². The summed E-state index contributed by atoms with van der Waals surface area (Å²) in [7, 11) is 0. The molecule has 0 bridgehead atoms. The molecular weight excluding hydrogens is 308 g/mol. The van der Waals surface area contributed by atoms with Crippen molar-refractivity contribution < 1.29 is 4.79 Å². The molecule has 1 aliphatic carbocycles. The molecule has 1 N–H and O–H groups in total. The Morgan fingerprint density at radius 3 is 2.61 bits per heavy atom. The van der Waals surface area contributed by atoms with Gasteiger partial charge in [0.25, 0.3) is 0 Å². The van der Waals surface area contributed by atoms with Gasteiger partial charge in [0.05, 0.1) is 12.1 Å². The molecule has 2 aliphatic rings. The highest BCUT2D eigenvalue weighted by atomic mass is 32.1. The average Bonchev–Trinajstić information content (AvgIpc) is 2.92. The lowest BCUT2D eigenvalue weighted by atomic mass is 9.96. The number of amides is 1. The van der Waals surface area contributed by atoms with Crippen molar-refractivity contribution in [2.75, 3.05) is 44.6 Å². The van der Waals surface area contributed by atoms with Crippen molar-refractivity contribution in [3.63, 3.8) is 0 Å². The molecule has 124 valence electrons. The van der Waals surface area contributed by atoms with E-state index in [4.69, 9.17) is 0 Å². The topological polar surface area (TPSA) is 59.4 Å². The van der Waals surface area contributed by atoms with E-state index >= 15 is 0 Å². The lowest BCUT2D eigenvalue weighted by Gasteiger charge is -2.33. The van der Waals surface area contributed by atoms with Gasteiger partial charge in [-0.1, -0.05) is 6.92 Å². The summed E-state index contributed by atoms with van der Waals surface area (Å²) in [5.74, 6) is 0.00467. The third kappa shape index (κ3) is 3.74. The van der Waals surface area contributed by atoms with E-state index in [2.05, 4.69) is 28.1 Å². The molecule has 1 aliphatic heterocycles. The number of piperazine rings is 1. The number of nitriles is 1. The lowest BCUT2D eigenvalue weighted by Crippen LogP contribution is -2.48. The van der Waals surface area contributed by atoms with Gasteiger partial charge in [0.15, 0.2) is 0 Å². The van der Waals surface area contributed by atoms with Gasteiger partial charge in [-0.2, -0.15) is 5.26 Å². The number of rotatable bonds is 4. The van der Waals surface area contributed by atoms with E-state index in [1.54, 1.807) is 11.3 Å². The summed E-state index contributed by atoms with van der Waals surface area (Å²) in [6, 6.07) is 2.30. The molecular formula is C17H24N4OS. The van der Waals surface area contributed by atoms with Gasteiger partial charge in [-0.25, -0.2) is 0 Å². The van der Waals surface area contributed by atoms with E-state index in [-0.39, 0.29) is 5.91 Å². The number of nitrogens with zero attached hydrogens (tertiary/aromatic N) is 3. The predicted molar refractivity (Wildman–Crippen MR) is 92.9 cm³/mol. The Hall–Kier alpha value is -1.42. The Labute approximate surface area is 141 Å². The van der Waals surface area contributed by atoms with E-state index in [0.29, 0.717) is 12.1 Å². The minimum atomic E-state index is 0.00467. The number of thiophene rings is 1. The number of carbonyl (C=O) groups excluding carboxylic acids is 1. The summed E-state index contributed by atoms with van der Waals surface area (Å²) in [5, 5.41) is 13.2. The number of hydrogen-bond donors (Lipinski definition) is 1. The number of carbonyl (C=O) groups is 1. The van der Waals surface area contributed by atoms with Crippen molar-refractivity contribution in [3.8, 4) is 6.07 Å². The first-order valence-corrected chi connectivity index (χ1v) is 9.32. The molecule has 1 aromatic rings. The van der Waals surface area contributed by atoms with Gasteiger partial charge in [-0.05, 0) is 37.8 Å². The third-order valence-corrected chi connectivity index (χ3v) is 6.02. The van der Waals surface area contributed by atoms with E-state index in [0.717, 1.165) is 57.0 Å². The van der Waals surface area contributed by atoms with Crippen LogP contribution in [0.4, 0.5) is 5.00 Å². The number of hydrogen-bond acceptors (Lipinski definition) is 5. The summed E-state index contributed by atoms with van der Waals surface area (Å²) in [6.07, 6.45) is 4.36. The Bertz CT molecular complexity index is 611. The SMILES string of the molecule is CCN1CCN(CC(=O)Nc2sc3c(c2C#N)CCCC3)CC1. The highest BCUT2D eigenvalue weighted by molar-refractivity contribution is 7.16. The smallest absolute Gasteiger partial charge is 0.239 e.